The van der Waals surface area contributed by atoms with Crippen LogP contribution in [-0.2, 0) is 10.0 Å². The number of para-hydroxylation sites is 2. The Morgan fingerprint density at radius 1 is 0.962 bits per heavy atom. The lowest BCUT2D eigenvalue weighted by Gasteiger charge is -2.37. The van der Waals surface area contributed by atoms with Crippen LogP contribution in [0.25, 0.3) is 0 Å². The average molecular weight is 376 g/mol. The molecule has 0 amide bonds. The van der Waals surface area contributed by atoms with Gasteiger partial charge in [0, 0.05) is 31.7 Å². The van der Waals surface area contributed by atoms with Crippen molar-refractivity contribution < 1.29 is 13.3 Å². The Bertz CT molecular complexity index is 938. The number of nitrogens with zero attached hydrogens (tertiary/aromatic N) is 3. The molecule has 0 aromatic heterocycles. The van der Waals surface area contributed by atoms with Gasteiger partial charge in [0.05, 0.1) is 10.6 Å². The van der Waals surface area contributed by atoms with Gasteiger partial charge in [-0.05, 0) is 25.1 Å². The van der Waals surface area contributed by atoms with E-state index in [4.69, 9.17) is 5.14 Å². The first kappa shape index (κ1) is 18.2. The first-order valence-corrected chi connectivity index (χ1v) is 9.69. The van der Waals surface area contributed by atoms with Crippen molar-refractivity contribution in [3.05, 3.63) is 58.1 Å². The summed E-state index contributed by atoms with van der Waals surface area (Å²) in [6, 6.07) is 11.9. The van der Waals surface area contributed by atoms with E-state index >= 15 is 0 Å². The molecule has 0 saturated carbocycles. The van der Waals surface area contributed by atoms with E-state index < -0.39 is 10.0 Å². The molecule has 1 saturated heterocycles. The summed E-state index contributed by atoms with van der Waals surface area (Å²) in [5.41, 5.74) is 1.89. The van der Waals surface area contributed by atoms with Gasteiger partial charge in [0.1, 0.15) is 10.6 Å². The number of hydrogen-bond donors (Lipinski definition) is 1. The number of aryl methyl sites for hydroxylation is 1. The number of hydrogen-bond acceptors (Lipinski definition) is 6. The molecular weight excluding hydrogens is 356 g/mol. The van der Waals surface area contributed by atoms with Crippen molar-refractivity contribution in [1.82, 2.24) is 0 Å². The summed E-state index contributed by atoms with van der Waals surface area (Å²) in [7, 11) is -3.82. The average Bonchev–Trinajstić information content (AvgIpc) is 2.60. The zero-order valence-corrected chi connectivity index (χ0v) is 15.1. The molecule has 0 aliphatic carbocycles. The summed E-state index contributed by atoms with van der Waals surface area (Å²) in [5.74, 6) is 0. The Balaban J connectivity index is 1.84. The van der Waals surface area contributed by atoms with Crippen molar-refractivity contribution in [3.63, 3.8) is 0 Å². The van der Waals surface area contributed by atoms with Gasteiger partial charge in [-0.2, -0.15) is 0 Å². The second-order valence-electron chi connectivity index (χ2n) is 6.19. The molecule has 9 heteroatoms. The molecule has 26 heavy (non-hydrogen) atoms. The van der Waals surface area contributed by atoms with Crippen LogP contribution in [0.3, 0.4) is 0 Å². The third-order valence-electron chi connectivity index (χ3n) is 4.53. The lowest BCUT2D eigenvalue weighted by Crippen LogP contribution is -2.47. The predicted octanol–water partition coefficient (Wildman–Crippen LogP) is 1.88. The van der Waals surface area contributed by atoms with E-state index in [0.717, 1.165) is 0 Å². The van der Waals surface area contributed by atoms with E-state index in [9.17, 15) is 18.5 Å². The lowest BCUT2D eigenvalue weighted by atomic mass is 10.1. The van der Waals surface area contributed by atoms with Crippen LogP contribution in [0.2, 0.25) is 0 Å². The monoisotopic (exact) mass is 376 g/mol. The number of rotatable bonds is 4. The van der Waals surface area contributed by atoms with Gasteiger partial charge in [0.25, 0.3) is 5.69 Å². The largest absolute Gasteiger partial charge is 0.367 e. The van der Waals surface area contributed by atoms with Crippen LogP contribution in [0, 0.1) is 17.0 Å². The molecule has 1 aliphatic rings. The highest BCUT2D eigenvalue weighted by atomic mass is 32.2. The van der Waals surface area contributed by atoms with Crippen molar-refractivity contribution in [1.29, 1.82) is 0 Å². The van der Waals surface area contributed by atoms with E-state index in [-0.39, 0.29) is 15.5 Å². The molecular formula is C17H20N4O4S. The van der Waals surface area contributed by atoms with Gasteiger partial charge in [-0.15, -0.1) is 0 Å². The molecule has 0 unspecified atom stereocenters. The fraction of sp³-hybridized carbons (Fsp3) is 0.294. The lowest BCUT2D eigenvalue weighted by molar-refractivity contribution is -0.384. The molecule has 138 valence electrons. The molecule has 0 spiro atoms. The Hall–Kier alpha value is -2.65. The van der Waals surface area contributed by atoms with Gasteiger partial charge >= 0.3 is 0 Å². The number of primary sulfonamides is 1. The maximum Gasteiger partial charge on any atom is 0.295 e. The number of nitro groups is 1. The Kier molecular flexibility index (Phi) is 4.84. The van der Waals surface area contributed by atoms with Crippen LogP contribution in [0.1, 0.15) is 5.56 Å². The van der Waals surface area contributed by atoms with Gasteiger partial charge in [-0.25, -0.2) is 13.6 Å². The van der Waals surface area contributed by atoms with E-state index in [1.165, 1.54) is 6.07 Å². The number of benzene rings is 2. The molecule has 0 radical (unpaired) electrons. The summed E-state index contributed by atoms with van der Waals surface area (Å²) in [4.78, 5) is 15.1. The van der Waals surface area contributed by atoms with Gasteiger partial charge in [-0.1, -0.05) is 24.3 Å². The van der Waals surface area contributed by atoms with Gasteiger partial charge < -0.3 is 9.80 Å². The van der Waals surface area contributed by atoms with Crippen LogP contribution >= 0.6 is 0 Å². The second-order valence-corrected chi connectivity index (χ2v) is 7.72. The normalized spacial score (nSPS) is 15.2. The second kappa shape index (κ2) is 6.93. The van der Waals surface area contributed by atoms with E-state index in [1.807, 2.05) is 9.80 Å². The quantitative estimate of drug-likeness (QED) is 0.644. The standard InChI is InChI=1S/C17H20N4O4S/c1-13-5-4-7-15(17(13)21(22)23)20-11-9-19(10-12-20)14-6-2-3-8-16(14)26(18,24)25/h2-8H,9-12H2,1H3,(H2,18,24,25). The highest BCUT2D eigenvalue weighted by molar-refractivity contribution is 7.89. The summed E-state index contributed by atoms with van der Waals surface area (Å²) in [6.07, 6.45) is 0. The summed E-state index contributed by atoms with van der Waals surface area (Å²) >= 11 is 0. The molecule has 0 bridgehead atoms. The topological polar surface area (TPSA) is 110 Å². The van der Waals surface area contributed by atoms with Gasteiger partial charge in [-0.3, -0.25) is 10.1 Å². The molecule has 0 atom stereocenters. The number of nitrogens with two attached hydrogens (primary N) is 1. The molecule has 2 aromatic rings. The van der Waals surface area contributed by atoms with Crippen molar-refractivity contribution in [2.24, 2.45) is 5.14 Å². The smallest absolute Gasteiger partial charge is 0.295 e. The predicted molar refractivity (Wildman–Crippen MR) is 100 cm³/mol. The van der Waals surface area contributed by atoms with Gasteiger partial charge in [0.2, 0.25) is 10.0 Å². The highest BCUT2D eigenvalue weighted by Crippen LogP contribution is 2.33. The third-order valence-corrected chi connectivity index (χ3v) is 5.49. The Labute approximate surface area is 152 Å². The fourth-order valence-electron chi connectivity index (χ4n) is 3.28. The molecule has 1 heterocycles. The van der Waals surface area contributed by atoms with Crippen molar-refractivity contribution in [2.75, 3.05) is 36.0 Å². The maximum absolute atomic E-state index is 11.8. The van der Waals surface area contributed by atoms with Crippen molar-refractivity contribution >= 4 is 27.1 Å². The number of sulfonamides is 1. The molecule has 8 nitrogen and oxygen atoms in total. The number of anilines is 2. The Morgan fingerprint density at radius 2 is 1.50 bits per heavy atom. The minimum atomic E-state index is -3.82. The number of piperazine rings is 1. The minimum Gasteiger partial charge on any atom is -0.367 e. The summed E-state index contributed by atoms with van der Waals surface area (Å²) < 4.78 is 23.6. The molecule has 2 N–H and O–H groups in total. The van der Waals surface area contributed by atoms with E-state index in [1.54, 1.807) is 43.3 Å². The summed E-state index contributed by atoms with van der Waals surface area (Å²) in [5, 5.41) is 16.7. The molecule has 1 fully saturated rings. The summed E-state index contributed by atoms with van der Waals surface area (Å²) in [6.45, 7) is 3.89. The molecule has 3 rings (SSSR count). The zero-order valence-electron chi connectivity index (χ0n) is 14.3. The van der Waals surface area contributed by atoms with Crippen LogP contribution in [-0.4, -0.2) is 39.5 Å². The maximum atomic E-state index is 11.8. The fourth-order valence-corrected chi connectivity index (χ4v) is 4.04. The van der Waals surface area contributed by atoms with Gasteiger partial charge in [0.15, 0.2) is 0 Å². The molecule has 2 aromatic carbocycles. The molecule has 1 aliphatic heterocycles. The first-order valence-electron chi connectivity index (χ1n) is 8.15. The zero-order chi connectivity index (χ0) is 18.9. The third kappa shape index (κ3) is 3.49. The van der Waals surface area contributed by atoms with Crippen molar-refractivity contribution in [2.45, 2.75) is 11.8 Å². The Morgan fingerprint density at radius 3 is 2.08 bits per heavy atom. The van der Waals surface area contributed by atoms with Crippen LogP contribution in [0.15, 0.2) is 47.4 Å². The van der Waals surface area contributed by atoms with E-state index in [0.29, 0.717) is 43.1 Å². The van der Waals surface area contributed by atoms with Crippen molar-refractivity contribution in [3.8, 4) is 0 Å². The number of nitro benzene ring substituents is 1. The van der Waals surface area contributed by atoms with Crippen LogP contribution in [0.5, 0.6) is 0 Å². The minimum absolute atomic E-state index is 0.0926. The SMILES string of the molecule is Cc1cccc(N2CCN(c3ccccc3S(N)(=O)=O)CC2)c1[N+](=O)[O-]. The van der Waals surface area contributed by atoms with E-state index in [2.05, 4.69) is 0 Å². The first-order chi connectivity index (χ1) is 12.3. The van der Waals surface area contributed by atoms with Crippen LogP contribution < -0.4 is 14.9 Å². The highest BCUT2D eigenvalue weighted by Gasteiger charge is 2.27. The van der Waals surface area contributed by atoms with Crippen LogP contribution in [0.4, 0.5) is 17.1 Å².